The number of nitrogens with zero attached hydrogens (tertiary/aromatic N) is 1. The smallest absolute Gasteiger partial charge is 0.240 e. The van der Waals surface area contributed by atoms with Crippen molar-refractivity contribution in [3.8, 4) is 0 Å². The van der Waals surface area contributed by atoms with E-state index in [-0.39, 0.29) is 12.5 Å². The molecule has 0 unspecified atom stereocenters. The van der Waals surface area contributed by atoms with Crippen LogP contribution in [-0.4, -0.2) is 39.4 Å². The van der Waals surface area contributed by atoms with Crippen LogP contribution < -0.4 is 9.62 Å². The molecule has 28 heavy (non-hydrogen) atoms. The summed E-state index contributed by atoms with van der Waals surface area (Å²) in [6.07, 6.45) is 1.95. The summed E-state index contributed by atoms with van der Waals surface area (Å²) in [5.41, 5.74) is 3.12. The average molecular weight is 532 g/mol. The lowest BCUT2D eigenvalue weighted by atomic mass is 10.1. The molecule has 8 heteroatoms. The zero-order valence-corrected chi connectivity index (χ0v) is 19.8. The van der Waals surface area contributed by atoms with Gasteiger partial charge in [0, 0.05) is 15.9 Å². The van der Waals surface area contributed by atoms with E-state index in [0.29, 0.717) is 12.2 Å². The van der Waals surface area contributed by atoms with Crippen LogP contribution in [0.2, 0.25) is 0 Å². The second-order valence-electron chi connectivity index (χ2n) is 6.43. The molecule has 1 N–H and O–H groups in total. The molecule has 0 aromatic heterocycles. The predicted octanol–water partition coefficient (Wildman–Crippen LogP) is 3.81. The molecule has 152 valence electrons. The van der Waals surface area contributed by atoms with Crippen LogP contribution >= 0.6 is 34.4 Å². The number of sulfonamides is 1. The summed E-state index contributed by atoms with van der Waals surface area (Å²) in [6, 6.07) is 15.4. The van der Waals surface area contributed by atoms with Gasteiger partial charge in [-0.3, -0.25) is 9.10 Å². The highest BCUT2D eigenvalue weighted by Gasteiger charge is 2.20. The Hall–Kier alpha value is -1.26. The summed E-state index contributed by atoms with van der Waals surface area (Å²) < 4.78 is 26.3. The van der Waals surface area contributed by atoms with Crippen molar-refractivity contribution < 1.29 is 13.2 Å². The van der Waals surface area contributed by atoms with E-state index in [0.717, 1.165) is 32.1 Å². The van der Waals surface area contributed by atoms with Crippen molar-refractivity contribution >= 4 is 56.0 Å². The largest absolute Gasteiger partial charge is 0.354 e. The van der Waals surface area contributed by atoms with Crippen LogP contribution in [0, 0.1) is 10.5 Å². The number of thioether (sulfide) groups is 1. The summed E-state index contributed by atoms with van der Waals surface area (Å²) in [5.74, 6) is 1.59. The zero-order valence-electron chi connectivity index (χ0n) is 16.0. The molecule has 2 rings (SSSR count). The zero-order chi connectivity index (χ0) is 20.6. The van der Waals surface area contributed by atoms with E-state index < -0.39 is 10.0 Å². The Bertz CT molecular complexity index is 887. The van der Waals surface area contributed by atoms with E-state index in [1.54, 1.807) is 12.1 Å². The lowest BCUT2D eigenvalue weighted by Crippen LogP contribution is -2.40. The molecule has 0 aliphatic carbocycles. The number of rotatable bonds is 10. The first-order valence-corrected chi connectivity index (χ1v) is 13.0. The number of anilines is 1. The van der Waals surface area contributed by atoms with Gasteiger partial charge < -0.3 is 5.32 Å². The SMILES string of the molecule is Cc1ccccc1CSCCCNC(=O)CN(c1ccc(I)cc1)S(C)(=O)=O. The number of hydrogen-bond donors (Lipinski definition) is 1. The predicted molar refractivity (Wildman–Crippen MR) is 126 cm³/mol. The normalized spacial score (nSPS) is 11.2. The molecule has 0 saturated carbocycles. The summed E-state index contributed by atoms with van der Waals surface area (Å²) in [6.45, 7) is 2.43. The van der Waals surface area contributed by atoms with E-state index in [1.165, 1.54) is 11.1 Å². The average Bonchev–Trinajstić information content (AvgIpc) is 2.64. The molecule has 0 aliphatic rings. The summed E-state index contributed by atoms with van der Waals surface area (Å²) in [5, 5.41) is 2.82. The topological polar surface area (TPSA) is 66.5 Å². The Morgan fingerprint density at radius 3 is 2.46 bits per heavy atom. The van der Waals surface area contributed by atoms with Crippen LogP contribution in [0.5, 0.6) is 0 Å². The molecule has 0 heterocycles. The minimum atomic E-state index is -3.53. The number of benzene rings is 2. The van der Waals surface area contributed by atoms with Gasteiger partial charge in [0.15, 0.2) is 0 Å². The molecular formula is C20H25IN2O3S2. The first kappa shape index (κ1) is 23.0. The summed E-state index contributed by atoms with van der Waals surface area (Å²) in [7, 11) is -3.53. The third-order valence-corrected chi connectivity index (χ3v) is 7.06. The maximum absolute atomic E-state index is 12.2. The fraction of sp³-hybridized carbons (Fsp3) is 0.350. The van der Waals surface area contributed by atoms with E-state index in [2.05, 4.69) is 47.0 Å². The Morgan fingerprint density at radius 2 is 1.82 bits per heavy atom. The third kappa shape index (κ3) is 7.63. The van der Waals surface area contributed by atoms with E-state index in [9.17, 15) is 13.2 Å². The molecule has 2 aromatic rings. The van der Waals surface area contributed by atoms with Crippen LogP contribution in [0.15, 0.2) is 48.5 Å². The fourth-order valence-corrected chi connectivity index (χ4v) is 4.80. The number of carbonyl (C=O) groups excluding carboxylic acids is 1. The Morgan fingerprint density at radius 1 is 1.14 bits per heavy atom. The van der Waals surface area contributed by atoms with E-state index in [1.807, 2.05) is 36.0 Å². The van der Waals surface area contributed by atoms with Crippen molar-refractivity contribution in [2.24, 2.45) is 0 Å². The maximum atomic E-state index is 12.2. The van der Waals surface area contributed by atoms with Crippen molar-refractivity contribution in [2.75, 3.05) is 29.4 Å². The Balaban J connectivity index is 1.75. The minimum Gasteiger partial charge on any atom is -0.354 e. The van der Waals surface area contributed by atoms with Crippen LogP contribution in [0.4, 0.5) is 5.69 Å². The van der Waals surface area contributed by atoms with E-state index in [4.69, 9.17) is 0 Å². The van der Waals surface area contributed by atoms with Crippen LogP contribution in [0.1, 0.15) is 17.5 Å². The monoisotopic (exact) mass is 532 g/mol. The van der Waals surface area contributed by atoms with Crippen LogP contribution in [0.25, 0.3) is 0 Å². The quantitative estimate of drug-likeness (QED) is 0.374. The molecule has 0 radical (unpaired) electrons. The van der Waals surface area contributed by atoms with Crippen molar-refractivity contribution in [3.05, 3.63) is 63.2 Å². The Kier molecular flexibility index (Phi) is 9.10. The number of carbonyl (C=O) groups is 1. The Labute approximate surface area is 185 Å². The molecule has 0 bridgehead atoms. The van der Waals surface area contributed by atoms with Crippen molar-refractivity contribution in [1.82, 2.24) is 5.32 Å². The molecule has 0 spiro atoms. The molecule has 0 aliphatic heterocycles. The first-order chi connectivity index (χ1) is 13.3. The maximum Gasteiger partial charge on any atom is 0.240 e. The molecule has 1 amide bonds. The summed E-state index contributed by atoms with van der Waals surface area (Å²) in [4.78, 5) is 12.2. The van der Waals surface area contributed by atoms with Gasteiger partial charge in [-0.15, -0.1) is 0 Å². The second-order valence-corrected chi connectivity index (χ2v) is 10.7. The van der Waals surface area contributed by atoms with Gasteiger partial charge in [0.25, 0.3) is 0 Å². The minimum absolute atomic E-state index is 0.213. The van der Waals surface area contributed by atoms with Gasteiger partial charge in [0.1, 0.15) is 6.54 Å². The van der Waals surface area contributed by atoms with Crippen LogP contribution in [0.3, 0.4) is 0 Å². The standard InChI is InChI=1S/C20H25IN2O3S2/c1-16-6-3-4-7-17(16)15-27-13-5-12-22-20(24)14-23(28(2,25)26)19-10-8-18(21)9-11-19/h3-4,6-11H,5,12-15H2,1-2H3,(H,22,24). The number of amides is 1. The highest BCUT2D eigenvalue weighted by Crippen LogP contribution is 2.19. The highest BCUT2D eigenvalue weighted by molar-refractivity contribution is 14.1. The lowest BCUT2D eigenvalue weighted by molar-refractivity contribution is -0.119. The first-order valence-electron chi connectivity index (χ1n) is 8.89. The molecule has 0 atom stereocenters. The van der Waals surface area contributed by atoms with Gasteiger partial charge in [0.05, 0.1) is 11.9 Å². The molecule has 5 nitrogen and oxygen atoms in total. The number of halogens is 1. The molecule has 0 fully saturated rings. The summed E-state index contributed by atoms with van der Waals surface area (Å²) >= 11 is 3.98. The fourth-order valence-electron chi connectivity index (χ4n) is 2.55. The van der Waals surface area contributed by atoms with Gasteiger partial charge in [-0.2, -0.15) is 11.8 Å². The van der Waals surface area contributed by atoms with Gasteiger partial charge in [-0.25, -0.2) is 8.42 Å². The van der Waals surface area contributed by atoms with Gasteiger partial charge >= 0.3 is 0 Å². The van der Waals surface area contributed by atoms with Crippen molar-refractivity contribution in [1.29, 1.82) is 0 Å². The van der Waals surface area contributed by atoms with Crippen molar-refractivity contribution in [3.63, 3.8) is 0 Å². The molecule has 0 saturated heterocycles. The second kappa shape index (κ2) is 11.1. The number of hydrogen-bond acceptors (Lipinski definition) is 4. The molecular weight excluding hydrogens is 507 g/mol. The van der Waals surface area contributed by atoms with E-state index >= 15 is 0 Å². The van der Waals surface area contributed by atoms with Gasteiger partial charge in [0.2, 0.25) is 15.9 Å². The highest BCUT2D eigenvalue weighted by atomic mass is 127. The molecule has 2 aromatic carbocycles. The third-order valence-electron chi connectivity index (χ3n) is 4.11. The van der Waals surface area contributed by atoms with Gasteiger partial charge in [-0.05, 0) is 77.1 Å². The van der Waals surface area contributed by atoms with Crippen LogP contribution in [-0.2, 0) is 20.6 Å². The van der Waals surface area contributed by atoms with Crippen molar-refractivity contribution in [2.45, 2.75) is 19.1 Å². The number of aryl methyl sites for hydroxylation is 1. The van der Waals surface area contributed by atoms with Gasteiger partial charge in [-0.1, -0.05) is 24.3 Å². The lowest BCUT2D eigenvalue weighted by Gasteiger charge is -2.22. The number of nitrogens with one attached hydrogen (secondary N) is 1.